The molecule has 0 bridgehead atoms. The van der Waals surface area contributed by atoms with E-state index in [9.17, 15) is 0 Å². The third-order valence-electron chi connectivity index (χ3n) is 2.27. The van der Waals surface area contributed by atoms with E-state index >= 15 is 0 Å². The van der Waals surface area contributed by atoms with Gasteiger partial charge >= 0.3 is 0 Å². The summed E-state index contributed by atoms with van der Waals surface area (Å²) >= 11 is 11.0. The molecule has 0 saturated carbocycles. The lowest BCUT2D eigenvalue weighted by atomic mass is 10.1. The molecule has 0 radical (unpaired) electrons. The minimum Gasteiger partial charge on any atom is -0.271 e. The molecule has 1 aromatic carbocycles. The second-order valence-electron chi connectivity index (χ2n) is 3.29. The minimum atomic E-state index is 0.00793. The Morgan fingerprint density at radius 2 is 2.19 bits per heavy atom. The predicted molar refractivity (Wildman–Crippen MR) is 72.6 cm³/mol. The molecule has 1 aromatic heterocycles. The average Bonchev–Trinajstić information content (AvgIpc) is 2.78. The predicted octanol–water partition coefficient (Wildman–Crippen LogP) is 3.72. The molecule has 1 atom stereocenters. The van der Waals surface area contributed by atoms with E-state index in [1.165, 1.54) is 4.88 Å². The topological polar surface area (TPSA) is 38.0 Å². The smallest absolute Gasteiger partial charge is 0.0802 e. The summed E-state index contributed by atoms with van der Waals surface area (Å²) < 4.78 is 0.878. The monoisotopic (exact) mass is 316 g/mol. The largest absolute Gasteiger partial charge is 0.271 e. The fraction of sp³-hybridized carbons (Fsp3) is 0.0909. The molecule has 1 unspecified atom stereocenters. The van der Waals surface area contributed by atoms with Crippen molar-refractivity contribution in [3.8, 4) is 0 Å². The summed E-state index contributed by atoms with van der Waals surface area (Å²) in [7, 11) is 0. The molecule has 0 aliphatic heterocycles. The summed E-state index contributed by atoms with van der Waals surface area (Å²) in [6.45, 7) is 0. The normalized spacial score (nSPS) is 12.7. The van der Waals surface area contributed by atoms with Gasteiger partial charge in [-0.05, 0) is 45.1 Å². The summed E-state index contributed by atoms with van der Waals surface area (Å²) in [6, 6.07) is 9.88. The number of rotatable bonds is 3. The lowest BCUT2D eigenvalue weighted by Gasteiger charge is -2.15. The first-order chi connectivity index (χ1) is 7.72. The number of hydrazine groups is 1. The summed E-state index contributed by atoms with van der Waals surface area (Å²) in [5.41, 5.74) is 3.90. The van der Waals surface area contributed by atoms with Gasteiger partial charge < -0.3 is 0 Å². The molecule has 1 heterocycles. The Morgan fingerprint density at radius 1 is 1.38 bits per heavy atom. The van der Waals surface area contributed by atoms with Crippen LogP contribution in [0.3, 0.4) is 0 Å². The molecule has 84 valence electrons. The molecule has 2 nitrogen and oxygen atoms in total. The molecule has 0 aliphatic rings. The minimum absolute atomic E-state index is 0.00793. The maximum absolute atomic E-state index is 5.96. The molecular weight excluding hydrogens is 308 g/mol. The molecule has 0 spiro atoms. The SMILES string of the molecule is NNC(c1ccc(Cl)c(Br)c1)c1cccs1. The Morgan fingerprint density at radius 3 is 2.75 bits per heavy atom. The lowest BCUT2D eigenvalue weighted by molar-refractivity contribution is 0.646. The van der Waals surface area contributed by atoms with Crippen LogP contribution < -0.4 is 11.3 Å². The zero-order valence-electron chi connectivity index (χ0n) is 8.28. The Bertz CT molecular complexity index is 473. The van der Waals surface area contributed by atoms with Gasteiger partial charge in [0.2, 0.25) is 0 Å². The van der Waals surface area contributed by atoms with Crippen molar-refractivity contribution in [1.82, 2.24) is 5.43 Å². The summed E-state index contributed by atoms with van der Waals surface area (Å²) in [6.07, 6.45) is 0. The highest BCUT2D eigenvalue weighted by Crippen LogP contribution is 2.30. The first-order valence-electron chi connectivity index (χ1n) is 4.67. The van der Waals surface area contributed by atoms with Crippen LogP contribution in [0.2, 0.25) is 5.02 Å². The van der Waals surface area contributed by atoms with Crippen molar-refractivity contribution in [3.63, 3.8) is 0 Å². The van der Waals surface area contributed by atoms with Gasteiger partial charge in [-0.2, -0.15) is 0 Å². The molecule has 0 saturated heterocycles. The molecular formula is C11H10BrClN2S. The van der Waals surface area contributed by atoms with Gasteiger partial charge in [0, 0.05) is 9.35 Å². The van der Waals surface area contributed by atoms with Crippen LogP contribution in [0.1, 0.15) is 16.5 Å². The Labute approximate surface area is 112 Å². The van der Waals surface area contributed by atoms with Gasteiger partial charge in [-0.25, -0.2) is 5.43 Å². The van der Waals surface area contributed by atoms with Crippen LogP contribution in [0, 0.1) is 0 Å². The van der Waals surface area contributed by atoms with Crippen LogP contribution >= 0.6 is 38.9 Å². The van der Waals surface area contributed by atoms with Crippen LogP contribution in [0.25, 0.3) is 0 Å². The number of nitrogens with two attached hydrogens (primary N) is 1. The number of hydrogen-bond acceptors (Lipinski definition) is 3. The summed E-state index contributed by atoms with van der Waals surface area (Å²) in [4.78, 5) is 1.18. The number of thiophene rings is 1. The van der Waals surface area contributed by atoms with Crippen molar-refractivity contribution in [3.05, 3.63) is 55.6 Å². The van der Waals surface area contributed by atoms with Crippen LogP contribution in [0.4, 0.5) is 0 Å². The van der Waals surface area contributed by atoms with E-state index in [1.54, 1.807) is 11.3 Å². The van der Waals surface area contributed by atoms with Crippen molar-refractivity contribution < 1.29 is 0 Å². The van der Waals surface area contributed by atoms with Crippen LogP contribution in [-0.2, 0) is 0 Å². The van der Waals surface area contributed by atoms with Gasteiger partial charge in [-0.15, -0.1) is 11.3 Å². The molecule has 5 heteroatoms. The fourth-order valence-corrected chi connectivity index (χ4v) is 2.82. The molecule has 3 N–H and O–H groups in total. The van der Waals surface area contributed by atoms with E-state index < -0.39 is 0 Å². The van der Waals surface area contributed by atoms with E-state index in [-0.39, 0.29) is 6.04 Å². The van der Waals surface area contributed by atoms with Crippen molar-refractivity contribution in [2.45, 2.75) is 6.04 Å². The zero-order valence-corrected chi connectivity index (χ0v) is 11.4. The van der Waals surface area contributed by atoms with E-state index in [1.807, 2.05) is 29.6 Å². The molecule has 16 heavy (non-hydrogen) atoms. The van der Waals surface area contributed by atoms with Gasteiger partial charge in [0.25, 0.3) is 0 Å². The van der Waals surface area contributed by atoms with Gasteiger partial charge in [-0.3, -0.25) is 5.84 Å². The quantitative estimate of drug-likeness (QED) is 0.669. The first-order valence-corrected chi connectivity index (χ1v) is 6.72. The third-order valence-corrected chi connectivity index (χ3v) is 4.42. The summed E-state index contributed by atoms with van der Waals surface area (Å²) in [5, 5.41) is 2.73. The Balaban J connectivity index is 2.37. The summed E-state index contributed by atoms with van der Waals surface area (Å²) in [5.74, 6) is 5.59. The third kappa shape index (κ3) is 2.47. The van der Waals surface area contributed by atoms with Gasteiger partial charge in [0.15, 0.2) is 0 Å². The van der Waals surface area contributed by atoms with Gasteiger partial charge in [0.1, 0.15) is 0 Å². The van der Waals surface area contributed by atoms with Crippen LogP contribution in [0.5, 0.6) is 0 Å². The van der Waals surface area contributed by atoms with Gasteiger partial charge in [-0.1, -0.05) is 23.7 Å². The Hall–Kier alpha value is -0.390. The van der Waals surface area contributed by atoms with Crippen LogP contribution in [-0.4, -0.2) is 0 Å². The van der Waals surface area contributed by atoms with Gasteiger partial charge in [0.05, 0.1) is 11.1 Å². The van der Waals surface area contributed by atoms with E-state index in [0.717, 1.165) is 10.0 Å². The number of benzene rings is 1. The van der Waals surface area contributed by atoms with Crippen molar-refractivity contribution in [1.29, 1.82) is 0 Å². The number of hydrogen-bond donors (Lipinski definition) is 2. The van der Waals surface area contributed by atoms with E-state index in [2.05, 4.69) is 27.4 Å². The van der Waals surface area contributed by atoms with Crippen LogP contribution in [0.15, 0.2) is 40.2 Å². The number of nitrogens with one attached hydrogen (secondary N) is 1. The highest BCUT2D eigenvalue weighted by Gasteiger charge is 2.14. The first kappa shape index (κ1) is 12.1. The van der Waals surface area contributed by atoms with Crippen molar-refractivity contribution >= 4 is 38.9 Å². The average molecular weight is 318 g/mol. The van der Waals surface area contributed by atoms with E-state index in [0.29, 0.717) is 5.02 Å². The van der Waals surface area contributed by atoms with Crippen molar-refractivity contribution in [2.75, 3.05) is 0 Å². The maximum atomic E-state index is 5.96. The highest BCUT2D eigenvalue weighted by atomic mass is 79.9. The maximum Gasteiger partial charge on any atom is 0.0802 e. The molecule has 0 aliphatic carbocycles. The fourth-order valence-electron chi connectivity index (χ4n) is 1.49. The number of halogens is 2. The zero-order chi connectivity index (χ0) is 11.5. The second-order valence-corrected chi connectivity index (χ2v) is 5.53. The Kier molecular flexibility index (Phi) is 4.00. The lowest BCUT2D eigenvalue weighted by Crippen LogP contribution is -2.28. The standard InChI is InChI=1S/C11H10BrClN2S/c12-8-6-7(3-4-9(8)13)11(15-14)10-2-1-5-16-10/h1-6,11,15H,14H2. The molecule has 0 amide bonds. The molecule has 2 aromatic rings. The molecule has 0 fully saturated rings. The van der Waals surface area contributed by atoms with Crippen molar-refractivity contribution in [2.24, 2.45) is 5.84 Å². The van der Waals surface area contributed by atoms with E-state index in [4.69, 9.17) is 17.4 Å². The molecule has 2 rings (SSSR count). The highest BCUT2D eigenvalue weighted by molar-refractivity contribution is 9.10. The second kappa shape index (κ2) is 5.29.